The number of carbonyl (C=O) groups excluding carboxylic acids is 1. The lowest BCUT2D eigenvalue weighted by Crippen LogP contribution is -2.39. The van der Waals surface area contributed by atoms with Crippen molar-refractivity contribution in [3.05, 3.63) is 50.1 Å². The van der Waals surface area contributed by atoms with Crippen LogP contribution in [0.2, 0.25) is 10.0 Å². The molecule has 1 atom stereocenters. The minimum Gasteiger partial charge on any atom is -0.323 e. The second-order valence-corrected chi connectivity index (χ2v) is 7.08. The highest BCUT2D eigenvalue weighted by Crippen LogP contribution is 2.26. The summed E-state index contributed by atoms with van der Waals surface area (Å²) in [7, 11) is 1.93. The van der Waals surface area contributed by atoms with Crippen molar-refractivity contribution >= 4 is 46.1 Å². The van der Waals surface area contributed by atoms with Gasteiger partial charge in [0, 0.05) is 16.4 Å². The Hall–Kier alpha value is -1.07. The van der Waals surface area contributed by atoms with Crippen LogP contribution in [-0.4, -0.2) is 23.9 Å². The van der Waals surface area contributed by atoms with Crippen LogP contribution in [0.3, 0.4) is 0 Å². The number of aryl methyl sites for hydroxylation is 1. The normalized spacial score (nSPS) is 12.5. The van der Waals surface area contributed by atoms with Gasteiger partial charge in [0.1, 0.15) is 0 Å². The molecule has 0 aliphatic rings. The van der Waals surface area contributed by atoms with Crippen molar-refractivity contribution in [1.29, 1.82) is 0 Å². The second-order valence-electron chi connectivity index (χ2n) is 5.23. The highest BCUT2D eigenvalue weighted by atomic mass is 35.5. The Morgan fingerprint density at radius 1 is 1.36 bits per heavy atom. The molecule has 1 N–H and O–H groups in total. The second kappa shape index (κ2) is 7.47. The number of carbonyl (C=O) groups is 1. The van der Waals surface area contributed by atoms with E-state index in [1.165, 1.54) is 10.4 Å². The molecule has 0 spiro atoms. The molecule has 0 bridgehead atoms. The van der Waals surface area contributed by atoms with Crippen LogP contribution >= 0.6 is 34.5 Å². The number of amides is 1. The summed E-state index contributed by atoms with van der Waals surface area (Å²) in [4.78, 5) is 15.7. The SMILES string of the molecule is Cc1ccsc1CN(C)[C@H](C)C(=O)Nc1cc(Cl)ccc1Cl. The zero-order valence-electron chi connectivity index (χ0n) is 12.7. The molecule has 22 heavy (non-hydrogen) atoms. The van der Waals surface area contributed by atoms with Gasteiger partial charge < -0.3 is 5.32 Å². The first kappa shape index (κ1) is 17.3. The van der Waals surface area contributed by atoms with E-state index in [2.05, 4.69) is 23.7 Å². The van der Waals surface area contributed by atoms with Gasteiger partial charge in [0.25, 0.3) is 0 Å². The quantitative estimate of drug-likeness (QED) is 0.832. The molecular weight excluding hydrogens is 339 g/mol. The molecule has 0 unspecified atom stereocenters. The van der Waals surface area contributed by atoms with Gasteiger partial charge >= 0.3 is 0 Å². The minimum atomic E-state index is -0.281. The highest BCUT2D eigenvalue weighted by Gasteiger charge is 2.20. The number of hydrogen-bond donors (Lipinski definition) is 1. The Balaban J connectivity index is 2.02. The van der Waals surface area contributed by atoms with Crippen molar-refractivity contribution in [2.24, 2.45) is 0 Å². The summed E-state index contributed by atoms with van der Waals surface area (Å²) in [5.74, 6) is -0.110. The summed E-state index contributed by atoms with van der Waals surface area (Å²) in [5, 5.41) is 5.91. The van der Waals surface area contributed by atoms with Crippen molar-refractivity contribution < 1.29 is 4.79 Å². The Kier molecular flexibility index (Phi) is 5.87. The van der Waals surface area contributed by atoms with E-state index in [1.807, 2.05) is 18.9 Å². The predicted octanol–water partition coefficient (Wildman–Crippen LogP) is 4.82. The molecule has 1 aromatic carbocycles. The number of likely N-dealkylation sites (N-methyl/N-ethyl adjacent to an activating group) is 1. The molecule has 6 heteroatoms. The van der Waals surface area contributed by atoms with Gasteiger partial charge in [-0.2, -0.15) is 0 Å². The minimum absolute atomic E-state index is 0.110. The largest absolute Gasteiger partial charge is 0.323 e. The molecule has 1 aromatic heterocycles. The van der Waals surface area contributed by atoms with Gasteiger partial charge in [-0.15, -0.1) is 11.3 Å². The van der Waals surface area contributed by atoms with E-state index < -0.39 is 0 Å². The zero-order chi connectivity index (χ0) is 16.3. The maximum absolute atomic E-state index is 12.4. The molecular formula is C16H18Cl2N2OS. The van der Waals surface area contributed by atoms with Crippen LogP contribution in [0, 0.1) is 6.92 Å². The summed E-state index contributed by atoms with van der Waals surface area (Å²) in [6, 6.07) is 6.82. The Bertz CT molecular complexity index is 672. The fourth-order valence-electron chi connectivity index (χ4n) is 1.96. The Morgan fingerprint density at radius 2 is 2.09 bits per heavy atom. The average molecular weight is 357 g/mol. The highest BCUT2D eigenvalue weighted by molar-refractivity contribution is 7.10. The molecule has 2 aromatic rings. The van der Waals surface area contributed by atoms with E-state index in [4.69, 9.17) is 23.2 Å². The summed E-state index contributed by atoms with van der Waals surface area (Å²) >= 11 is 13.7. The lowest BCUT2D eigenvalue weighted by molar-refractivity contribution is -0.120. The molecule has 1 heterocycles. The number of hydrogen-bond acceptors (Lipinski definition) is 3. The van der Waals surface area contributed by atoms with Gasteiger partial charge in [-0.1, -0.05) is 23.2 Å². The molecule has 2 rings (SSSR count). The fraction of sp³-hybridized carbons (Fsp3) is 0.312. The van der Waals surface area contributed by atoms with Crippen molar-refractivity contribution in [3.63, 3.8) is 0 Å². The molecule has 1 amide bonds. The average Bonchev–Trinajstić information content (AvgIpc) is 2.87. The van der Waals surface area contributed by atoms with Crippen LogP contribution in [0.1, 0.15) is 17.4 Å². The third-order valence-electron chi connectivity index (χ3n) is 3.59. The van der Waals surface area contributed by atoms with Crippen LogP contribution in [-0.2, 0) is 11.3 Å². The number of thiophene rings is 1. The smallest absolute Gasteiger partial charge is 0.241 e. The third-order valence-corrected chi connectivity index (χ3v) is 5.16. The van der Waals surface area contributed by atoms with Crippen LogP contribution in [0.25, 0.3) is 0 Å². The van der Waals surface area contributed by atoms with Gasteiger partial charge in [-0.3, -0.25) is 9.69 Å². The predicted molar refractivity (Wildman–Crippen MR) is 95.1 cm³/mol. The molecule has 0 radical (unpaired) electrons. The lowest BCUT2D eigenvalue weighted by Gasteiger charge is -2.24. The van der Waals surface area contributed by atoms with Crippen LogP contribution in [0.5, 0.6) is 0 Å². The van der Waals surface area contributed by atoms with E-state index in [0.29, 0.717) is 15.7 Å². The first-order chi connectivity index (χ1) is 10.4. The lowest BCUT2D eigenvalue weighted by atomic mass is 10.2. The maximum Gasteiger partial charge on any atom is 0.241 e. The zero-order valence-corrected chi connectivity index (χ0v) is 15.0. The number of anilines is 1. The molecule has 0 aliphatic heterocycles. The molecule has 0 saturated heterocycles. The van der Waals surface area contributed by atoms with Crippen molar-refractivity contribution in [1.82, 2.24) is 4.90 Å². The van der Waals surface area contributed by atoms with Gasteiger partial charge in [-0.05, 0) is 56.1 Å². The number of halogens is 2. The molecule has 3 nitrogen and oxygen atoms in total. The molecule has 118 valence electrons. The van der Waals surface area contributed by atoms with Gasteiger partial charge in [0.15, 0.2) is 0 Å². The number of nitrogens with one attached hydrogen (secondary N) is 1. The van der Waals surface area contributed by atoms with Crippen LogP contribution in [0.4, 0.5) is 5.69 Å². The summed E-state index contributed by atoms with van der Waals surface area (Å²) < 4.78 is 0. The van der Waals surface area contributed by atoms with E-state index in [9.17, 15) is 4.79 Å². The van der Waals surface area contributed by atoms with E-state index in [0.717, 1.165) is 6.54 Å². The summed E-state index contributed by atoms with van der Waals surface area (Å²) in [5.41, 5.74) is 1.79. The first-order valence-electron chi connectivity index (χ1n) is 6.87. The molecule has 0 saturated carbocycles. The number of rotatable bonds is 5. The monoisotopic (exact) mass is 356 g/mol. The van der Waals surface area contributed by atoms with Crippen LogP contribution in [0.15, 0.2) is 29.6 Å². The topological polar surface area (TPSA) is 32.3 Å². The van der Waals surface area contributed by atoms with Gasteiger partial charge in [-0.25, -0.2) is 0 Å². The summed E-state index contributed by atoms with van der Waals surface area (Å²) in [6.45, 7) is 4.69. The molecule has 0 aliphatic carbocycles. The van der Waals surface area contributed by atoms with E-state index >= 15 is 0 Å². The van der Waals surface area contributed by atoms with E-state index in [-0.39, 0.29) is 11.9 Å². The van der Waals surface area contributed by atoms with E-state index in [1.54, 1.807) is 29.5 Å². The summed E-state index contributed by atoms with van der Waals surface area (Å²) in [6.07, 6.45) is 0. The van der Waals surface area contributed by atoms with Crippen LogP contribution < -0.4 is 5.32 Å². The van der Waals surface area contributed by atoms with Crippen molar-refractivity contribution in [2.45, 2.75) is 26.4 Å². The molecule has 0 fully saturated rings. The first-order valence-corrected chi connectivity index (χ1v) is 8.51. The maximum atomic E-state index is 12.4. The fourth-order valence-corrected chi connectivity index (χ4v) is 3.27. The van der Waals surface area contributed by atoms with Gasteiger partial charge in [0.2, 0.25) is 5.91 Å². The number of benzene rings is 1. The Labute approximate surface area is 144 Å². The number of nitrogens with zero attached hydrogens (tertiary/aromatic N) is 1. The van der Waals surface area contributed by atoms with Crippen molar-refractivity contribution in [3.8, 4) is 0 Å². The standard InChI is InChI=1S/C16H18Cl2N2OS/c1-10-6-7-22-15(10)9-20(3)11(2)16(21)19-14-8-12(17)4-5-13(14)18/h4-8,11H,9H2,1-3H3,(H,19,21)/t11-/m1/s1. The Morgan fingerprint density at radius 3 is 2.73 bits per heavy atom. The third kappa shape index (κ3) is 4.23. The van der Waals surface area contributed by atoms with Gasteiger partial charge in [0.05, 0.1) is 16.8 Å². The van der Waals surface area contributed by atoms with Crippen molar-refractivity contribution in [2.75, 3.05) is 12.4 Å².